The molecule has 0 aromatic rings. The van der Waals surface area contributed by atoms with Gasteiger partial charge in [-0.3, -0.25) is 4.79 Å². The van der Waals surface area contributed by atoms with Crippen molar-refractivity contribution in [2.45, 2.75) is 64.5 Å². The highest BCUT2D eigenvalue weighted by Gasteiger charge is 2.31. The summed E-state index contributed by atoms with van der Waals surface area (Å²) < 4.78 is 0. The van der Waals surface area contributed by atoms with Gasteiger partial charge in [-0.05, 0) is 37.5 Å². The van der Waals surface area contributed by atoms with Crippen molar-refractivity contribution in [2.75, 3.05) is 13.6 Å². The van der Waals surface area contributed by atoms with Crippen molar-refractivity contribution in [2.24, 2.45) is 5.41 Å². The highest BCUT2D eigenvalue weighted by molar-refractivity contribution is 5.78. The van der Waals surface area contributed by atoms with E-state index in [2.05, 4.69) is 19.2 Å². The summed E-state index contributed by atoms with van der Waals surface area (Å²) in [5.74, 6) is 0.260. The van der Waals surface area contributed by atoms with Crippen molar-refractivity contribution in [3.8, 4) is 0 Å². The molecule has 0 spiro atoms. The van der Waals surface area contributed by atoms with Crippen LogP contribution in [0.3, 0.4) is 0 Å². The van der Waals surface area contributed by atoms with Gasteiger partial charge in [-0.15, -0.1) is 0 Å². The van der Waals surface area contributed by atoms with Gasteiger partial charge in [-0.1, -0.05) is 20.3 Å². The van der Waals surface area contributed by atoms with Crippen molar-refractivity contribution in [1.82, 2.24) is 10.2 Å². The summed E-state index contributed by atoms with van der Waals surface area (Å²) in [7, 11) is 1.94. The molecular formula is C14H26N2O. The molecule has 1 N–H and O–H groups in total. The number of nitrogens with one attached hydrogen (secondary N) is 1. The second-order valence-corrected chi connectivity index (χ2v) is 6.57. The van der Waals surface area contributed by atoms with Crippen LogP contribution in [-0.2, 0) is 4.79 Å². The number of rotatable bonds is 4. The van der Waals surface area contributed by atoms with E-state index < -0.39 is 0 Å². The highest BCUT2D eigenvalue weighted by Crippen LogP contribution is 2.35. The molecule has 0 aromatic heterocycles. The third-order valence-corrected chi connectivity index (χ3v) is 4.24. The molecule has 1 amide bonds. The number of nitrogens with zero attached hydrogens (tertiary/aromatic N) is 1. The van der Waals surface area contributed by atoms with Gasteiger partial charge in [0.2, 0.25) is 5.91 Å². The Kier molecular flexibility index (Phi) is 3.76. The van der Waals surface area contributed by atoms with Crippen LogP contribution in [0.25, 0.3) is 0 Å². The molecule has 98 valence electrons. The Balaban J connectivity index is 1.72. The smallest absolute Gasteiger partial charge is 0.236 e. The van der Waals surface area contributed by atoms with E-state index in [9.17, 15) is 4.79 Å². The second-order valence-electron chi connectivity index (χ2n) is 6.57. The van der Waals surface area contributed by atoms with E-state index in [1.807, 2.05) is 11.9 Å². The second kappa shape index (κ2) is 4.97. The van der Waals surface area contributed by atoms with Crippen LogP contribution in [0.5, 0.6) is 0 Å². The molecule has 2 fully saturated rings. The van der Waals surface area contributed by atoms with Crippen molar-refractivity contribution >= 4 is 5.91 Å². The number of hydrogen-bond acceptors (Lipinski definition) is 2. The minimum absolute atomic E-state index is 0.260. The van der Waals surface area contributed by atoms with Crippen LogP contribution in [0.4, 0.5) is 0 Å². The predicted octanol–water partition coefficient (Wildman–Crippen LogP) is 2.17. The minimum atomic E-state index is 0.260. The maximum Gasteiger partial charge on any atom is 0.236 e. The first-order valence-corrected chi connectivity index (χ1v) is 6.97. The normalized spacial score (nSPS) is 27.8. The molecule has 0 bridgehead atoms. The average molecular weight is 238 g/mol. The third kappa shape index (κ3) is 3.70. The van der Waals surface area contributed by atoms with E-state index in [1.165, 1.54) is 38.5 Å². The van der Waals surface area contributed by atoms with E-state index in [0.717, 1.165) is 0 Å². The molecule has 2 rings (SSSR count). The lowest BCUT2D eigenvalue weighted by Crippen LogP contribution is -2.43. The van der Waals surface area contributed by atoms with Gasteiger partial charge in [0.05, 0.1) is 6.54 Å². The first-order valence-electron chi connectivity index (χ1n) is 6.97. The molecule has 17 heavy (non-hydrogen) atoms. The van der Waals surface area contributed by atoms with Gasteiger partial charge in [0, 0.05) is 19.1 Å². The number of carbonyl (C=O) groups excluding carboxylic acids is 1. The zero-order valence-corrected chi connectivity index (χ0v) is 11.5. The van der Waals surface area contributed by atoms with E-state index >= 15 is 0 Å². The summed E-state index contributed by atoms with van der Waals surface area (Å²) in [6.07, 6.45) is 7.42. The monoisotopic (exact) mass is 238 g/mol. The topological polar surface area (TPSA) is 32.3 Å². The Morgan fingerprint density at radius 3 is 2.65 bits per heavy atom. The van der Waals surface area contributed by atoms with Gasteiger partial charge in [0.1, 0.15) is 0 Å². The summed E-state index contributed by atoms with van der Waals surface area (Å²) in [6.45, 7) is 5.19. The fourth-order valence-electron chi connectivity index (χ4n) is 2.89. The van der Waals surface area contributed by atoms with Gasteiger partial charge in [0.15, 0.2) is 0 Å². The summed E-state index contributed by atoms with van der Waals surface area (Å²) in [5.41, 5.74) is 0.446. The summed E-state index contributed by atoms with van der Waals surface area (Å²) in [5, 5.41) is 3.45. The number of hydrogen-bond donors (Lipinski definition) is 1. The van der Waals surface area contributed by atoms with Crippen molar-refractivity contribution in [3.63, 3.8) is 0 Å². The fourth-order valence-corrected chi connectivity index (χ4v) is 2.89. The molecule has 1 unspecified atom stereocenters. The lowest BCUT2D eigenvalue weighted by atomic mass is 9.75. The molecular weight excluding hydrogens is 212 g/mol. The predicted molar refractivity (Wildman–Crippen MR) is 69.8 cm³/mol. The van der Waals surface area contributed by atoms with E-state index in [4.69, 9.17) is 0 Å². The zero-order chi connectivity index (χ0) is 12.5. The number of carbonyl (C=O) groups is 1. The van der Waals surface area contributed by atoms with Crippen LogP contribution >= 0.6 is 0 Å². The molecule has 0 radical (unpaired) electrons. The lowest BCUT2D eigenvalue weighted by Gasteiger charge is -2.35. The lowest BCUT2D eigenvalue weighted by molar-refractivity contribution is -0.129. The molecule has 2 aliphatic rings. The highest BCUT2D eigenvalue weighted by atomic mass is 16.2. The Labute approximate surface area is 105 Å². The van der Waals surface area contributed by atoms with Crippen molar-refractivity contribution < 1.29 is 4.79 Å². The van der Waals surface area contributed by atoms with E-state index in [-0.39, 0.29) is 5.91 Å². The fraction of sp³-hybridized carbons (Fsp3) is 0.929. The molecule has 1 atom stereocenters. The largest absolute Gasteiger partial charge is 0.342 e. The zero-order valence-electron chi connectivity index (χ0n) is 11.5. The average Bonchev–Trinajstić information content (AvgIpc) is 3.07. The Morgan fingerprint density at radius 2 is 2.06 bits per heavy atom. The summed E-state index contributed by atoms with van der Waals surface area (Å²) in [4.78, 5) is 13.8. The third-order valence-electron chi connectivity index (χ3n) is 4.24. The SMILES string of the molecule is CN(C(=O)CNC1CCCC(C)(C)C1)C1CC1. The van der Waals surface area contributed by atoms with Gasteiger partial charge >= 0.3 is 0 Å². The molecule has 0 saturated heterocycles. The maximum absolute atomic E-state index is 11.9. The van der Waals surface area contributed by atoms with Gasteiger partial charge in [0.25, 0.3) is 0 Å². The minimum Gasteiger partial charge on any atom is -0.342 e. The van der Waals surface area contributed by atoms with Crippen LogP contribution in [0.1, 0.15) is 52.4 Å². The molecule has 3 heteroatoms. The van der Waals surface area contributed by atoms with Crippen LogP contribution < -0.4 is 5.32 Å². The standard InChI is InChI=1S/C14H26N2O/c1-14(2)8-4-5-11(9-14)15-10-13(17)16(3)12-6-7-12/h11-12,15H,4-10H2,1-3H3. The summed E-state index contributed by atoms with van der Waals surface area (Å²) in [6, 6.07) is 1.07. The molecule has 0 heterocycles. The van der Waals surface area contributed by atoms with Crippen molar-refractivity contribution in [1.29, 1.82) is 0 Å². The van der Waals surface area contributed by atoms with E-state index in [1.54, 1.807) is 0 Å². The summed E-state index contributed by atoms with van der Waals surface area (Å²) >= 11 is 0. The first kappa shape index (κ1) is 12.9. The molecule has 0 aromatic carbocycles. The van der Waals surface area contributed by atoms with Crippen LogP contribution in [0, 0.1) is 5.41 Å². The number of likely N-dealkylation sites (N-methyl/N-ethyl adjacent to an activating group) is 1. The molecule has 2 aliphatic carbocycles. The molecule has 2 saturated carbocycles. The molecule has 3 nitrogen and oxygen atoms in total. The Hall–Kier alpha value is -0.570. The van der Waals surface area contributed by atoms with Crippen LogP contribution in [-0.4, -0.2) is 36.5 Å². The van der Waals surface area contributed by atoms with Gasteiger partial charge in [-0.2, -0.15) is 0 Å². The van der Waals surface area contributed by atoms with Gasteiger partial charge in [-0.25, -0.2) is 0 Å². The number of amides is 1. The van der Waals surface area contributed by atoms with Crippen LogP contribution in [0.2, 0.25) is 0 Å². The molecule has 0 aliphatic heterocycles. The maximum atomic E-state index is 11.9. The Morgan fingerprint density at radius 1 is 1.35 bits per heavy atom. The van der Waals surface area contributed by atoms with Crippen molar-refractivity contribution in [3.05, 3.63) is 0 Å². The van der Waals surface area contributed by atoms with E-state index in [0.29, 0.717) is 24.0 Å². The van der Waals surface area contributed by atoms with Crippen LogP contribution in [0.15, 0.2) is 0 Å². The first-order chi connectivity index (χ1) is 7.98. The van der Waals surface area contributed by atoms with Gasteiger partial charge < -0.3 is 10.2 Å². The quantitative estimate of drug-likeness (QED) is 0.814. The Bertz CT molecular complexity index is 284.